The van der Waals surface area contributed by atoms with E-state index in [1.807, 2.05) is 59.7 Å². The second-order valence-corrected chi connectivity index (χ2v) is 8.50. The Morgan fingerprint density at radius 3 is 2.14 bits per heavy atom. The first kappa shape index (κ1) is 21.4. The Kier molecular flexibility index (Phi) is 7.34. The first-order valence-electron chi connectivity index (χ1n) is 10.0. The summed E-state index contributed by atoms with van der Waals surface area (Å²) in [6.45, 7) is 7.32. The van der Waals surface area contributed by atoms with Gasteiger partial charge in [-0.05, 0) is 54.1 Å². The Bertz CT molecular complexity index is 826. The van der Waals surface area contributed by atoms with Crippen LogP contribution in [0.1, 0.15) is 35.7 Å². The Balaban J connectivity index is 1.46. The lowest BCUT2D eigenvalue weighted by molar-refractivity contribution is -0.117. The van der Waals surface area contributed by atoms with Gasteiger partial charge in [0.25, 0.3) is 5.91 Å². The Labute approximate surface area is 177 Å². The molecule has 1 fully saturated rings. The van der Waals surface area contributed by atoms with E-state index in [1.54, 1.807) is 11.8 Å². The molecule has 1 N–H and O–H groups in total. The average Bonchev–Trinajstić information content (AvgIpc) is 2.74. The molecule has 1 saturated heterocycles. The second kappa shape index (κ2) is 9.94. The summed E-state index contributed by atoms with van der Waals surface area (Å²) in [6.07, 6.45) is 2.03. The van der Waals surface area contributed by atoms with Crippen LogP contribution in [0.15, 0.2) is 53.4 Å². The fourth-order valence-corrected chi connectivity index (χ4v) is 3.79. The van der Waals surface area contributed by atoms with Crippen molar-refractivity contribution in [3.8, 4) is 0 Å². The molecule has 154 valence electrons. The number of benzene rings is 2. The molecule has 6 heteroatoms. The van der Waals surface area contributed by atoms with Crippen LogP contribution in [0.25, 0.3) is 0 Å². The average molecular weight is 412 g/mol. The number of anilines is 1. The maximum Gasteiger partial charge on any atom is 0.253 e. The maximum absolute atomic E-state index is 12.7. The number of hydrogen-bond acceptors (Lipinski definition) is 4. The van der Waals surface area contributed by atoms with Gasteiger partial charge in [-0.3, -0.25) is 14.5 Å². The van der Waals surface area contributed by atoms with Crippen molar-refractivity contribution in [1.82, 2.24) is 9.80 Å². The van der Waals surface area contributed by atoms with Crippen molar-refractivity contribution in [3.05, 3.63) is 59.7 Å². The highest BCUT2D eigenvalue weighted by Crippen LogP contribution is 2.18. The molecule has 0 unspecified atom stereocenters. The summed E-state index contributed by atoms with van der Waals surface area (Å²) in [6, 6.07) is 15.7. The largest absolute Gasteiger partial charge is 0.336 e. The fourth-order valence-electron chi connectivity index (χ4n) is 3.38. The van der Waals surface area contributed by atoms with Gasteiger partial charge in [0.15, 0.2) is 0 Å². The molecule has 29 heavy (non-hydrogen) atoms. The van der Waals surface area contributed by atoms with Crippen molar-refractivity contribution < 1.29 is 9.59 Å². The molecule has 2 amide bonds. The molecule has 2 aromatic rings. The minimum atomic E-state index is -0.0223. The van der Waals surface area contributed by atoms with Gasteiger partial charge in [-0.2, -0.15) is 0 Å². The first-order valence-corrected chi connectivity index (χ1v) is 11.2. The van der Waals surface area contributed by atoms with Crippen LogP contribution in [-0.4, -0.2) is 60.6 Å². The number of hydrogen-bond donors (Lipinski definition) is 1. The van der Waals surface area contributed by atoms with Gasteiger partial charge in [-0.25, -0.2) is 0 Å². The quantitative estimate of drug-likeness (QED) is 0.732. The SMILES string of the molecule is CSc1ccc(NC(=O)CN2CCN(C(=O)c3ccc(C(C)C)cc3)CC2)cc1. The maximum atomic E-state index is 12.7. The van der Waals surface area contributed by atoms with E-state index in [2.05, 4.69) is 24.1 Å². The van der Waals surface area contributed by atoms with Crippen LogP contribution in [0, 0.1) is 0 Å². The molecule has 0 spiro atoms. The second-order valence-electron chi connectivity index (χ2n) is 7.62. The normalized spacial score (nSPS) is 14.8. The summed E-state index contributed by atoms with van der Waals surface area (Å²) in [7, 11) is 0. The lowest BCUT2D eigenvalue weighted by Crippen LogP contribution is -2.50. The van der Waals surface area contributed by atoms with E-state index in [9.17, 15) is 9.59 Å². The monoisotopic (exact) mass is 411 g/mol. The first-order chi connectivity index (χ1) is 14.0. The number of nitrogens with one attached hydrogen (secondary N) is 1. The highest BCUT2D eigenvalue weighted by Gasteiger charge is 2.23. The van der Waals surface area contributed by atoms with Crippen LogP contribution < -0.4 is 5.32 Å². The molecule has 0 aromatic heterocycles. The number of piperazine rings is 1. The van der Waals surface area contributed by atoms with Gasteiger partial charge in [0.2, 0.25) is 5.91 Å². The van der Waals surface area contributed by atoms with E-state index in [4.69, 9.17) is 0 Å². The molecular formula is C23H29N3O2S. The summed E-state index contributed by atoms with van der Waals surface area (Å²) >= 11 is 1.67. The Morgan fingerprint density at radius 2 is 1.59 bits per heavy atom. The van der Waals surface area contributed by atoms with E-state index < -0.39 is 0 Å². The predicted molar refractivity (Wildman–Crippen MR) is 120 cm³/mol. The standard InChI is InChI=1S/C23H29N3O2S/c1-17(2)18-4-6-19(7-5-18)23(28)26-14-12-25(13-15-26)16-22(27)24-20-8-10-21(29-3)11-9-20/h4-11,17H,12-16H2,1-3H3,(H,24,27). The number of thioether (sulfide) groups is 1. The van der Waals surface area contributed by atoms with Crippen molar-refractivity contribution in [2.75, 3.05) is 44.3 Å². The molecule has 1 aliphatic rings. The van der Waals surface area contributed by atoms with Gasteiger partial charge in [-0.1, -0.05) is 26.0 Å². The molecule has 5 nitrogen and oxygen atoms in total. The minimum Gasteiger partial charge on any atom is -0.336 e. The van der Waals surface area contributed by atoms with Crippen molar-refractivity contribution in [2.45, 2.75) is 24.7 Å². The van der Waals surface area contributed by atoms with Crippen LogP contribution in [0.2, 0.25) is 0 Å². The number of rotatable bonds is 6. The lowest BCUT2D eigenvalue weighted by atomic mass is 10.0. The van der Waals surface area contributed by atoms with Crippen molar-refractivity contribution in [1.29, 1.82) is 0 Å². The molecule has 2 aromatic carbocycles. The summed E-state index contributed by atoms with van der Waals surface area (Å²) in [5, 5.41) is 2.94. The van der Waals surface area contributed by atoms with Crippen molar-refractivity contribution in [3.63, 3.8) is 0 Å². The van der Waals surface area contributed by atoms with E-state index in [0.717, 1.165) is 11.3 Å². The zero-order valence-corrected chi connectivity index (χ0v) is 18.2. The summed E-state index contributed by atoms with van der Waals surface area (Å²) < 4.78 is 0. The summed E-state index contributed by atoms with van der Waals surface area (Å²) in [4.78, 5) is 30.2. The van der Waals surface area contributed by atoms with Gasteiger partial charge in [0.05, 0.1) is 6.54 Å². The fraction of sp³-hybridized carbons (Fsp3) is 0.391. The van der Waals surface area contributed by atoms with Gasteiger partial charge in [0, 0.05) is 42.3 Å². The molecule has 0 bridgehead atoms. The molecule has 0 saturated carbocycles. The Morgan fingerprint density at radius 1 is 0.966 bits per heavy atom. The van der Waals surface area contributed by atoms with E-state index in [-0.39, 0.29) is 11.8 Å². The highest BCUT2D eigenvalue weighted by molar-refractivity contribution is 7.98. The van der Waals surface area contributed by atoms with Crippen LogP contribution in [0.3, 0.4) is 0 Å². The van der Waals surface area contributed by atoms with Crippen LogP contribution in [0.5, 0.6) is 0 Å². The Hall–Kier alpha value is -2.31. The third-order valence-corrected chi connectivity index (χ3v) is 5.97. The van der Waals surface area contributed by atoms with Gasteiger partial charge in [-0.15, -0.1) is 11.8 Å². The molecule has 1 heterocycles. The molecule has 1 aliphatic heterocycles. The topological polar surface area (TPSA) is 52.7 Å². The molecule has 0 radical (unpaired) electrons. The zero-order chi connectivity index (χ0) is 20.8. The predicted octanol–water partition coefficient (Wildman–Crippen LogP) is 3.93. The molecule has 0 atom stereocenters. The molecule has 0 aliphatic carbocycles. The zero-order valence-electron chi connectivity index (χ0n) is 17.4. The summed E-state index contributed by atoms with van der Waals surface area (Å²) in [5.41, 5.74) is 2.78. The van der Waals surface area contributed by atoms with Crippen LogP contribution in [0.4, 0.5) is 5.69 Å². The van der Waals surface area contributed by atoms with Gasteiger partial charge < -0.3 is 10.2 Å². The van der Waals surface area contributed by atoms with Crippen molar-refractivity contribution in [2.24, 2.45) is 0 Å². The third-order valence-electron chi connectivity index (χ3n) is 5.22. The smallest absolute Gasteiger partial charge is 0.253 e. The molecule has 3 rings (SSSR count). The van der Waals surface area contributed by atoms with E-state index >= 15 is 0 Å². The number of carbonyl (C=O) groups excluding carboxylic acids is 2. The van der Waals surface area contributed by atoms with Gasteiger partial charge in [0.1, 0.15) is 0 Å². The highest BCUT2D eigenvalue weighted by atomic mass is 32.2. The number of amides is 2. The van der Waals surface area contributed by atoms with E-state index in [0.29, 0.717) is 38.6 Å². The lowest BCUT2D eigenvalue weighted by Gasteiger charge is -2.34. The van der Waals surface area contributed by atoms with Crippen LogP contribution in [-0.2, 0) is 4.79 Å². The number of nitrogens with zero attached hydrogens (tertiary/aromatic N) is 2. The molecular weight excluding hydrogens is 382 g/mol. The number of carbonyl (C=O) groups is 2. The van der Waals surface area contributed by atoms with Crippen LogP contribution >= 0.6 is 11.8 Å². The third kappa shape index (κ3) is 5.84. The summed E-state index contributed by atoms with van der Waals surface area (Å²) in [5.74, 6) is 0.501. The van der Waals surface area contributed by atoms with E-state index in [1.165, 1.54) is 10.5 Å². The minimum absolute atomic E-state index is 0.0223. The van der Waals surface area contributed by atoms with Crippen molar-refractivity contribution >= 4 is 29.3 Å². The van der Waals surface area contributed by atoms with Gasteiger partial charge >= 0.3 is 0 Å².